The van der Waals surface area contributed by atoms with E-state index in [4.69, 9.17) is 10.5 Å². The largest absolute Gasteiger partial charge is 0.484 e. The van der Waals surface area contributed by atoms with Gasteiger partial charge in [-0.2, -0.15) is 0 Å². The Bertz CT molecular complexity index is 885. The molecule has 0 aromatic heterocycles. The number of anilines is 2. The number of ether oxygens (including phenoxy) is 1. The molecule has 1 saturated heterocycles. The maximum absolute atomic E-state index is 12.4. The van der Waals surface area contributed by atoms with Crippen LogP contribution in [0, 0.1) is 0 Å². The van der Waals surface area contributed by atoms with Crippen LogP contribution in [-0.2, 0) is 16.0 Å². The first-order valence-corrected chi connectivity index (χ1v) is 9.81. The van der Waals surface area contributed by atoms with Crippen molar-refractivity contribution in [1.82, 2.24) is 5.32 Å². The van der Waals surface area contributed by atoms with Gasteiger partial charge in [-0.3, -0.25) is 9.59 Å². The summed E-state index contributed by atoms with van der Waals surface area (Å²) in [5.74, 6) is 0.624. The average Bonchev–Trinajstić information content (AvgIpc) is 3.12. The highest BCUT2D eigenvalue weighted by Crippen LogP contribution is 2.31. The molecule has 1 unspecified atom stereocenters. The Hall–Kier alpha value is -2.73. The fraction of sp³-hybridized carbons (Fsp3) is 0.364. The molecular weight excluding hydrogens is 390 g/mol. The second-order valence-electron chi connectivity index (χ2n) is 7.40. The van der Waals surface area contributed by atoms with Crippen molar-refractivity contribution in [2.45, 2.75) is 38.1 Å². The number of nitrogens with one attached hydrogen (secondary N) is 1. The molecule has 29 heavy (non-hydrogen) atoms. The summed E-state index contributed by atoms with van der Waals surface area (Å²) in [5.41, 5.74) is 9.86. The molecule has 1 heterocycles. The molecule has 1 aliphatic heterocycles. The van der Waals surface area contributed by atoms with Gasteiger partial charge in [0.05, 0.1) is 6.04 Å². The predicted octanol–water partition coefficient (Wildman–Crippen LogP) is 3.39. The van der Waals surface area contributed by atoms with Crippen molar-refractivity contribution in [3.8, 4) is 5.75 Å². The minimum Gasteiger partial charge on any atom is -0.484 e. The topological polar surface area (TPSA) is 84.7 Å². The first-order chi connectivity index (χ1) is 13.6. The Morgan fingerprint density at radius 3 is 2.66 bits per heavy atom. The van der Waals surface area contributed by atoms with Crippen LogP contribution in [0.1, 0.15) is 42.9 Å². The van der Waals surface area contributed by atoms with E-state index in [2.05, 4.69) is 5.32 Å². The molecule has 4 rings (SSSR count). The number of nitrogens with two attached hydrogens (primary N) is 1. The van der Waals surface area contributed by atoms with E-state index in [-0.39, 0.29) is 36.9 Å². The lowest BCUT2D eigenvalue weighted by molar-refractivity contribution is -0.124. The van der Waals surface area contributed by atoms with Crippen LogP contribution in [0.2, 0.25) is 0 Å². The Balaban J connectivity index is 0.00000240. The number of halogens is 1. The lowest BCUT2D eigenvalue weighted by Crippen LogP contribution is -2.34. The highest BCUT2D eigenvalue weighted by atomic mass is 35.5. The molecule has 2 aliphatic rings. The number of amides is 2. The van der Waals surface area contributed by atoms with Crippen LogP contribution in [0.4, 0.5) is 11.4 Å². The number of hydrogen-bond donors (Lipinski definition) is 2. The van der Waals surface area contributed by atoms with Crippen molar-refractivity contribution in [2.75, 3.05) is 23.8 Å². The van der Waals surface area contributed by atoms with Gasteiger partial charge in [0.15, 0.2) is 6.61 Å². The summed E-state index contributed by atoms with van der Waals surface area (Å²) < 4.78 is 5.63. The summed E-state index contributed by atoms with van der Waals surface area (Å²) >= 11 is 0. The van der Waals surface area contributed by atoms with Gasteiger partial charge in [-0.1, -0.05) is 6.07 Å². The zero-order chi connectivity index (χ0) is 19.5. The highest BCUT2D eigenvalue weighted by molar-refractivity contribution is 5.95. The number of hydrogen-bond acceptors (Lipinski definition) is 4. The number of nitrogen functional groups attached to an aromatic ring is 1. The van der Waals surface area contributed by atoms with Crippen LogP contribution in [0.3, 0.4) is 0 Å². The molecule has 3 N–H and O–H groups in total. The molecule has 1 atom stereocenters. The first kappa shape index (κ1) is 21.0. The molecule has 1 fully saturated rings. The SMILES string of the molecule is Cl.Nc1ccc2c(c1)CCCC2NC(=O)COc1ccc(N2CCCC2=O)cc1. The fourth-order valence-corrected chi connectivity index (χ4v) is 4.01. The zero-order valence-corrected chi connectivity index (χ0v) is 17.0. The lowest BCUT2D eigenvalue weighted by Gasteiger charge is -2.26. The number of fused-ring (bicyclic) bond motifs is 1. The van der Waals surface area contributed by atoms with Gasteiger partial charge in [-0.25, -0.2) is 0 Å². The molecule has 154 valence electrons. The summed E-state index contributed by atoms with van der Waals surface area (Å²) in [4.78, 5) is 26.0. The molecule has 0 radical (unpaired) electrons. The third-order valence-electron chi connectivity index (χ3n) is 5.41. The monoisotopic (exact) mass is 415 g/mol. The van der Waals surface area contributed by atoms with Crippen LogP contribution < -0.4 is 20.7 Å². The van der Waals surface area contributed by atoms with Gasteiger partial charge >= 0.3 is 0 Å². The second kappa shape index (κ2) is 9.18. The van der Waals surface area contributed by atoms with E-state index >= 15 is 0 Å². The van der Waals surface area contributed by atoms with Crippen molar-refractivity contribution in [3.05, 3.63) is 53.6 Å². The number of carbonyl (C=O) groups excluding carboxylic acids is 2. The molecule has 2 aromatic rings. The Morgan fingerprint density at radius 2 is 1.93 bits per heavy atom. The molecule has 0 saturated carbocycles. The fourth-order valence-electron chi connectivity index (χ4n) is 4.01. The quantitative estimate of drug-likeness (QED) is 0.733. The van der Waals surface area contributed by atoms with Crippen LogP contribution >= 0.6 is 12.4 Å². The number of nitrogens with zero attached hydrogens (tertiary/aromatic N) is 1. The van der Waals surface area contributed by atoms with Gasteiger partial charge in [-0.15, -0.1) is 12.4 Å². The van der Waals surface area contributed by atoms with Gasteiger partial charge in [0.1, 0.15) is 5.75 Å². The van der Waals surface area contributed by atoms with Crippen molar-refractivity contribution < 1.29 is 14.3 Å². The van der Waals surface area contributed by atoms with Crippen LogP contribution in [0.15, 0.2) is 42.5 Å². The lowest BCUT2D eigenvalue weighted by atomic mass is 9.87. The van der Waals surface area contributed by atoms with Gasteiger partial charge in [0.2, 0.25) is 5.91 Å². The van der Waals surface area contributed by atoms with Gasteiger partial charge in [0, 0.05) is 24.3 Å². The molecule has 7 heteroatoms. The molecule has 0 bridgehead atoms. The van der Waals surface area contributed by atoms with Crippen molar-refractivity contribution in [3.63, 3.8) is 0 Å². The van der Waals surface area contributed by atoms with E-state index in [0.29, 0.717) is 12.2 Å². The minimum atomic E-state index is -0.145. The smallest absolute Gasteiger partial charge is 0.258 e. The molecule has 1 aliphatic carbocycles. The maximum Gasteiger partial charge on any atom is 0.258 e. The third kappa shape index (κ3) is 4.82. The third-order valence-corrected chi connectivity index (χ3v) is 5.41. The van der Waals surface area contributed by atoms with E-state index in [9.17, 15) is 9.59 Å². The van der Waals surface area contributed by atoms with E-state index < -0.39 is 0 Å². The van der Waals surface area contributed by atoms with E-state index in [1.807, 2.05) is 30.3 Å². The molecule has 0 spiro atoms. The second-order valence-corrected chi connectivity index (χ2v) is 7.40. The highest BCUT2D eigenvalue weighted by Gasteiger charge is 2.23. The Kier molecular flexibility index (Phi) is 6.64. The number of aryl methyl sites for hydroxylation is 1. The zero-order valence-electron chi connectivity index (χ0n) is 16.2. The minimum absolute atomic E-state index is 0. The summed E-state index contributed by atoms with van der Waals surface area (Å²) in [6, 6.07) is 13.2. The Morgan fingerprint density at radius 1 is 1.14 bits per heavy atom. The van der Waals surface area contributed by atoms with Gasteiger partial charge in [0.25, 0.3) is 5.91 Å². The normalized spacial score (nSPS) is 18.0. The molecule has 2 amide bonds. The van der Waals surface area contributed by atoms with E-state index in [1.165, 1.54) is 5.56 Å². The van der Waals surface area contributed by atoms with E-state index in [0.717, 1.165) is 49.2 Å². The molecule has 2 aromatic carbocycles. The number of benzene rings is 2. The number of rotatable bonds is 5. The first-order valence-electron chi connectivity index (χ1n) is 9.81. The van der Waals surface area contributed by atoms with Crippen LogP contribution in [0.5, 0.6) is 5.75 Å². The summed E-state index contributed by atoms with van der Waals surface area (Å²) in [5, 5.41) is 3.07. The van der Waals surface area contributed by atoms with Gasteiger partial charge in [-0.05, 0) is 73.2 Å². The Labute approximate surface area is 176 Å². The van der Waals surface area contributed by atoms with E-state index in [1.54, 1.807) is 17.0 Å². The van der Waals surface area contributed by atoms with Crippen molar-refractivity contribution >= 4 is 35.6 Å². The van der Waals surface area contributed by atoms with Crippen molar-refractivity contribution in [1.29, 1.82) is 0 Å². The molecule has 6 nitrogen and oxygen atoms in total. The predicted molar refractivity (Wildman–Crippen MR) is 115 cm³/mol. The standard InChI is InChI=1S/C22H25N3O3.ClH/c23-16-6-11-19-15(13-16)3-1-4-20(19)24-21(26)14-28-18-9-7-17(8-10-18)25-12-2-5-22(25)27;/h6-11,13,20H,1-5,12,14,23H2,(H,24,26);1H. The molecular formula is C22H26ClN3O3. The maximum atomic E-state index is 12.4. The summed E-state index contributed by atoms with van der Waals surface area (Å²) in [6.07, 6.45) is 4.44. The van der Waals surface area contributed by atoms with Crippen molar-refractivity contribution in [2.24, 2.45) is 0 Å². The summed E-state index contributed by atoms with van der Waals surface area (Å²) in [7, 11) is 0. The average molecular weight is 416 g/mol. The summed E-state index contributed by atoms with van der Waals surface area (Å²) in [6.45, 7) is 0.721. The van der Waals surface area contributed by atoms with Gasteiger partial charge < -0.3 is 20.7 Å². The number of carbonyl (C=O) groups is 2. The van der Waals surface area contributed by atoms with Crippen LogP contribution in [0.25, 0.3) is 0 Å². The van der Waals surface area contributed by atoms with Crippen LogP contribution in [-0.4, -0.2) is 25.0 Å².